The van der Waals surface area contributed by atoms with E-state index in [0.717, 1.165) is 12.1 Å². The third-order valence-corrected chi connectivity index (χ3v) is 1.78. The van der Waals surface area contributed by atoms with Crippen molar-refractivity contribution >= 4 is 0 Å². The number of rotatable bonds is 5. The van der Waals surface area contributed by atoms with E-state index in [1.807, 2.05) is 6.92 Å². The second-order valence-corrected chi connectivity index (χ2v) is 2.80. The number of ether oxygens (including phenoxy) is 1. The van der Waals surface area contributed by atoms with E-state index in [4.69, 9.17) is 0 Å². The minimum atomic E-state index is -1.01. The number of nitrogens with one attached hydrogen (secondary N) is 1. The molecule has 0 amide bonds. The summed E-state index contributed by atoms with van der Waals surface area (Å²) >= 11 is 0. The highest BCUT2D eigenvalue weighted by atomic mass is 19.1. The van der Waals surface area contributed by atoms with E-state index in [1.165, 1.54) is 12.1 Å². The van der Waals surface area contributed by atoms with Crippen molar-refractivity contribution in [1.29, 1.82) is 0 Å². The second-order valence-electron chi connectivity index (χ2n) is 2.80. The molecule has 0 atom stereocenters. The molecule has 2 nitrogen and oxygen atoms in total. The van der Waals surface area contributed by atoms with Crippen molar-refractivity contribution in [2.45, 2.75) is 13.5 Å². The van der Waals surface area contributed by atoms with Crippen LogP contribution in [0.4, 0.5) is 8.78 Å². The third kappa shape index (κ3) is 2.96. The van der Waals surface area contributed by atoms with Gasteiger partial charge < -0.3 is 10.1 Å². The molecule has 1 N–H and O–H groups in total. The fourth-order valence-electron chi connectivity index (χ4n) is 1.10. The topological polar surface area (TPSA) is 21.3 Å². The molecule has 1 aromatic rings. The van der Waals surface area contributed by atoms with E-state index in [-0.39, 0.29) is 5.75 Å². The number of hydrogen-bond acceptors (Lipinski definition) is 2. The summed E-state index contributed by atoms with van der Waals surface area (Å²) in [4.78, 5) is 0. The summed E-state index contributed by atoms with van der Waals surface area (Å²) < 4.78 is 29.3. The molecule has 1 rings (SSSR count). The Hall–Kier alpha value is -1.16. The van der Waals surface area contributed by atoms with Crippen LogP contribution < -0.4 is 10.1 Å². The highest BCUT2D eigenvalue weighted by Gasteiger charge is 2.03. The minimum Gasteiger partial charge on any atom is -0.460 e. The zero-order valence-corrected chi connectivity index (χ0v) is 8.02. The Bertz CT molecular complexity index is 291. The number of benzene rings is 1. The predicted octanol–water partition coefficient (Wildman–Crippen LogP) is 2.24. The number of halogens is 2. The largest absolute Gasteiger partial charge is 0.460 e. The van der Waals surface area contributed by atoms with Gasteiger partial charge in [-0.3, -0.25) is 0 Å². The summed E-state index contributed by atoms with van der Waals surface area (Å²) in [5.74, 6) is -0.578. The molecule has 78 valence electrons. The van der Waals surface area contributed by atoms with Crippen LogP contribution in [0.15, 0.2) is 18.2 Å². The fourth-order valence-corrected chi connectivity index (χ4v) is 1.10. The lowest BCUT2D eigenvalue weighted by Gasteiger charge is -2.06. The van der Waals surface area contributed by atoms with Crippen LogP contribution in [0.2, 0.25) is 0 Å². The fraction of sp³-hybridized carbons (Fsp3) is 0.400. The normalized spacial score (nSPS) is 10.2. The van der Waals surface area contributed by atoms with Crippen LogP contribution in [0, 0.1) is 5.82 Å². The summed E-state index contributed by atoms with van der Waals surface area (Å²) in [6, 6.07) is 4.42. The van der Waals surface area contributed by atoms with Gasteiger partial charge in [0.15, 0.2) is 11.6 Å². The maximum absolute atomic E-state index is 13.0. The molecule has 0 aliphatic heterocycles. The van der Waals surface area contributed by atoms with Crippen molar-refractivity contribution < 1.29 is 13.5 Å². The SMILES string of the molecule is CCNCc1ccc(F)c(OCF)c1. The molecular formula is C10H13F2NO. The molecule has 0 saturated heterocycles. The van der Waals surface area contributed by atoms with Gasteiger partial charge in [0, 0.05) is 6.54 Å². The van der Waals surface area contributed by atoms with Gasteiger partial charge in [0.1, 0.15) is 0 Å². The van der Waals surface area contributed by atoms with Gasteiger partial charge in [0.05, 0.1) is 0 Å². The molecule has 0 aliphatic rings. The Kier molecular flexibility index (Phi) is 4.32. The molecule has 4 heteroatoms. The quantitative estimate of drug-likeness (QED) is 0.788. The smallest absolute Gasteiger partial charge is 0.228 e. The van der Waals surface area contributed by atoms with E-state index in [2.05, 4.69) is 10.1 Å². The summed E-state index contributed by atoms with van der Waals surface area (Å²) in [6.07, 6.45) is 0. The monoisotopic (exact) mass is 201 g/mol. The molecule has 0 spiro atoms. The molecule has 0 aliphatic carbocycles. The van der Waals surface area contributed by atoms with Crippen LogP contribution in [-0.4, -0.2) is 13.4 Å². The molecule has 0 bridgehead atoms. The molecule has 0 fully saturated rings. The maximum Gasteiger partial charge on any atom is 0.228 e. The van der Waals surface area contributed by atoms with Crippen molar-refractivity contribution in [2.75, 3.05) is 13.4 Å². The highest BCUT2D eigenvalue weighted by molar-refractivity contribution is 5.30. The van der Waals surface area contributed by atoms with Gasteiger partial charge in [-0.2, -0.15) is 0 Å². The van der Waals surface area contributed by atoms with Crippen molar-refractivity contribution in [3.8, 4) is 5.75 Å². The first-order chi connectivity index (χ1) is 6.77. The van der Waals surface area contributed by atoms with E-state index in [9.17, 15) is 8.78 Å². The lowest BCUT2D eigenvalue weighted by Crippen LogP contribution is -2.11. The van der Waals surface area contributed by atoms with Gasteiger partial charge in [0.25, 0.3) is 0 Å². The van der Waals surface area contributed by atoms with Crippen LogP contribution in [0.3, 0.4) is 0 Å². The molecule has 14 heavy (non-hydrogen) atoms. The predicted molar refractivity (Wildman–Crippen MR) is 50.4 cm³/mol. The number of alkyl halides is 1. The van der Waals surface area contributed by atoms with Crippen LogP contribution in [0.5, 0.6) is 5.75 Å². The summed E-state index contributed by atoms with van der Waals surface area (Å²) in [5, 5.41) is 3.08. The average Bonchev–Trinajstić information content (AvgIpc) is 2.19. The lowest BCUT2D eigenvalue weighted by atomic mass is 10.2. The molecule has 0 unspecified atom stereocenters. The van der Waals surface area contributed by atoms with Crippen LogP contribution in [0.1, 0.15) is 12.5 Å². The molecule has 0 radical (unpaired) electrons. The van der Waals surface area contributed by atoms with Gasteiger partial charge in [-0.25, -0.2) is 8.78 Å². The number of hydrogen-bond donors (Lipinski definition) is 1. The van der Waals surface area contributed by atoms with E-state index in [0.29, 0.717) is 6.54 Å². The van der Waals surface area contributed by atoms with E-state index < -0.39 is 12.7 Å². The Labute approximate surface area is 81.9 Å². The zero-order valence-electron chi connectivity index (χ0n) is 8.02. The maximum atomic E-state index is 13.0. The van der Waals surface area contributed by atoms with E-state index >= 15 is 0 Å². The minimum absolute atomic E-state index is 0.0390. The van der Waals surface area contributed by atoms with E-state index in [1.54, 1.807) is 6.07 Å². The first kappa shape index (κ1) is 10.9. The van der Waals surface area contributed by atoms with Crippen molar-refractivity contribution in [1.82, 2.24) is 5.32 Å². The highest BCUT2D eigenvalue weighted by Crippen LogP contribution is 2.18. The first-order valence-electron chi connectivity index (χ1n) is 4.45. The van der Waals surface area contributed by atoms with Gasteiger partial charge >= 0.3 is 0 Å². The molecule has 0 aromatic heterocycles. The third-order valence-electron chi connectivity index (χ3n) is 1.78. The van der Waals surface area contributed by atoms with Crippen molar-refractivity contribution in [3.63, 3.8) is 0 Å². The summed E-state index contributed by atoms with van der Waals surface area (Å²) in [7, 11) is 0. The Morgan fingerprint density at radius 1 is 1.43 bits per heavy atom. The first-order valence-corrected chi connectivity index (χ1v) is 4.45. The molecule has 0 heterocycles. The van der Waals surface area contributed by atoms with Gasteiger partial charge in [0.2, 0.25) is 6.86 Å². The van der Waals surface area contributed by atoms with Crippen LogP contribution in [0.25, 0.3) is 0 Å². The van der Waals surface area contributed by atoms with Crippen molar-refractivity contribution in [2.24, 2.45) is 0 Å². The lowest BCUT2D eigenvalue weighted by molar-refractivity contribution is 0.184. The Morgan fingerprint density at radius 3 is 2.86 bits per heavy atom. The van der Waals surface area contributed by atoms with Crippen LogP contribution in [-0.2, 0) is 6.54 Å². The van der Waals surface area contributed by atoms with Gasteiger partial charge in [-0.15, -0.1) is 0 Å². The standard InChI is InChI=1S/C10H13F2NO/c1-2-13-6-8-3-4-9(12)10(5-8)14-7-11/h3-5,13H,2,6-7H2,1H3. The molecular weight excluding hydrogens is 188 g/mol. The Morgan fingerprint density at radius 2 is 2.21 bits per heavy atom. The molecule has 0 saturated carbocycles. The van der Waals surface area contributed by atoms with Crippen molar-refractivity contribution in [3.05, 3.63) is 29.6 Å². The zero-order chi connectivity index (χ0) is 10.4. The average molecular weight is 201 g/mol. The molecule has 1 aromatic carbocycles. The van der Waals surface area contributed by atoms with Gasteiger partial charge in [-0.05, 0) is 24.2 Å². The second kappa shape index (κ2) is 5.54. The Balaban J connectivity index is 2.72. The van der Waals surface area contributed by atoms with Crippen LogP contribution >= 0.6 is 0 Å². The summed E-state index contributed by atoms with van der Waals surface area (Å²) in [6.45, 7) is 2.42. The summed E-state index contributed by atoms with van der Waals surface area (Å²) in [5.41, 5.74) is 0.872. The van der Waals surface area contributed by atoms with Gasteiger partial charge in [-0.1, -0.05) is 13.0 Å².